The number of hydrogen-bond acceptors (Lipinski definition) is 1. The summed E-state index contributed by atoms with van der Waals surface area (Å²) in [4.78, 5) is 3.57. The first-order valence-corrected chi connectivity index (χ1v) is 4.75. The Hall–Kier alpha value is 0.0300. The van der Waals surface area contributed by atoms with Gasteiger partial charge in [-0.1, -0.05) is 0 Å². The van der Waals surface area contributed by atoms with Gasteiger partial charge in [-0.05, 0) is 34.2 Å². The molecule has 12 heavy (non-hydrogen) atoms. The van der Waals surface area contributed by atoms with Crippen molar-refractivity contribution in [1.29, 1.82) is 0 Å². The van der Waals surface area contributed by atoms with Gasteiger partial charge in [-0.15, -0.1) is 11.6 Å². The smallest absolute Gasteiger partial charge is 0.255 e. The third kappa shape index (κ3) is 2.26. The van der Waals surface area contributed by atoms with Crippen LogP contribution in [0.1, 0.15) is 17.7 Å². The third-order valence-electron chi connectivity index (χ3n) is 1.32. The third-order valence-corrected chi connectivity index (χ3v) is 2.61. The average Bonchev–Trinajstić information content (AvgIpc) is 2.04. The molecule has 0 spiro atoms. The minimum absolute atomic E-state index is 0.201. The summed E-state index contributed by atoms with van der Waals surface area (Å²) in [5, 5.41) is 0. The summed E-state index contributed by atoms with van der Waals surface area (Å²) in [7, 11) is 0. The van der Waals surface area contributed by atoms with E-state index in [2.05, 4.69) is 4.98 Å². The molecule has 1 aromatic heterocycles. The van der Waals surface area contributed by atoms with Crippen molar-refractivity contribution in [1.82, 2.24) is 4.98 Å². The van der Waals surface area contributed by atoms with E-state index in [1.54, 1.807) is 0 Å². The first-order chi connectivity index (χ1) is 5.65. The van der Waals surface area contributed by atoms with E-state index in [-0.39, 0.29) is 5.69 Å². The predicted molar refractivity (Wildman–Crippen MR) is 51.5 cm³/mol. The van der Waals surface area contributed by atoms with Gasteiger partial charge in [-0.25, -0.2) is 8.78 Å². The minimum Gasteiger partial charge on any atom is -0.255 e. The van der Waals surface area contributed by atoms with Gasteiger partial charge in [-0.3, -0.25) is 4.98 Å². The highest BCUT2D eigenvalue weighted by Crippen LogP contribution is 2.21. The van der Waals surface area contributed by atoms with Gasteiger partial charge in [0.15, 0.2) is 0 Å². The van der Waals surface area contributed by atoms with Crippen LogP contribution < -0.4 is 0 Å². The largest absolute Gasteiger partial charge is 0.280 e. The summed E-state index contributed by atoms with van der Waals surface area (Å²) in [6.45, 7) is 0. The minimum atomic E-state index is -2.51. The van der Waals surface area contributed by atoms with Crippen molar-refractivity contribution in [2.75, 3.05) is 0 Å². The van der Waals surface area contributed by atoms with Gasteiger partial charge in [0, 0.05) is 15.6 Å². The van der Waals surface area contributed by atoms with Crippen LogP contribution in [0.5, 0.6) is 0 Å². The maximum absolute atomic E-state index is 12.1. The summed E-state index contributed by atoms with van der Waals surface area (Å²) >= 11 is 7.49. The molecule has 0 saturated carbocycles. The molecule has 1 aromatic rings. The SMILES string of the molecule is FC(F)c1cc(I)c(CCl)cn1. The summed E-state index contributed by atoms with van der Waals surface area (Å²) in [6.07, 6.45) is -1.13. The molecule has 1 rings (SSSR count). The van der Waals surface area contributed by atoms with E-state index in [0.717, 1.165) is 9.13 Å². The fourth-order valence-electron chi connectivity index (χ4n) is 0.692. The normalized spacial score (nSPS) is 10.8. The molecule has 0 aliphatic heterocycles. The highest BCUT2D eigenvalue weighted by Gasteiger charge is 2.10. The zero-order valence-corrected chi connectivity index (χ0v) is 8.81. The Labute approximate surface area is 87.3 Å². The molecule has 0 N–H and O–H groups in total. The number of nitrogens with zero attached hydrogens (tertiary/aromatic N) is 1. The van der Waals surface area contributed by atoms with Gasteiger partial charge >= 0.3 is 0 Å². The Kier molecular flexibility index (Phi) is 3.64. The van der Waals surface area contributed by atoms with Gasteiger partial charge in [0.2, 0.25) is 0 Å². The molecule has 0 saturated heterocycles. The van der Waals surface area contributed by atoms with Gasteiger partial charge < -0.3 is 0 Å². The molecule has 0 atom stereocenters. The number of aromatic nitrogens is 1. The summed E-state index contributed by atoms with van der Waals surface area (Å²) in [5.74, 6) is 0.300. The molecule has 1 nitrogen and oxygen atoms in total. The van der Waals surface area contributed by atoms with Gasteiger partial charge in [0.25, 0.3) is 6.43 Å². The van der Waals surface area contributed by atoms with Crippen LogP contribution in [0, 0.1) is 3.57 Å². The van der Waals surface area contributed by atoms with E-state index in [1.165, 1.54) is 12.3 Å². The highest BCUT2D eigenvalue weighted by atomic mass is 127. The van der Waals surface area contributed by atoms with Crippen LogP contribution in [-0.4, -0.2) is 4.98 Å². The number of pyridine rings is 1. The van der Waals surface area contributed by atoms with E-state index in [0.29, 0.717) is 5.88 Å². The van der Waals surface area contributed by atoms with E-state index in [4.69, 9.17) is 11.6 Å². The molecular weight excluding hydrogens is 298 g/mol. The van der Waals surface area contributed by atoms with Crippen LogP contribution in [-0.2, 0) is 5.88 Å². The van der Waals surface area contributed by atoms with Crippen LogP contribution in [0.4, 0.5) is 8.78 Å². The lowest BCUT2D eigenvalue weighted by atomic mass is 10.3. The molecule has 1 heterocycles. The van der Waals surface area contributed by atoms with Crippen molar-refractivity contribution in [3.63, 3.8) is 0 Å². The molecule has 5 heteroatoms. The number of alkyl halides is 3. The fraction of sp³-hybridized carbons (Fsp3) is 0.286. The topological polar surface area (TPSA) is 12.9 Å². The van der Waals surface area contributed by atoms with E-state index in [9.17, 15) is 8.78 Å². The zero-order chi connectivity index (χ0) is 9.14. The first kappa shape index (κ1) is 10.1. The maximum Gasteiger partial charge on any atom is 0.280 e. The van der Waals surface area contributed by atoms with Crippen LogP contribution >= 0.6 is 34.2 Å². The number of halogens is 4. The standard InChI is InChI=1S/C7H5ClF2IN/c8-2-4-3-12-6(7(9)10)1-5(4)11/h1,3,7H,2H2. The lowest BCUT2D eigenvalue weighted by Gasteiger charge is -2.02. The highest BCUT2D eigenvalue weighted by molar-refractivity contribution is 14.1. The molecule has 0 bridgehead atoms. The molecule has 0 amide bonds. The summed E-state index contributed by atoms with van der Waals surface area (Å²) < 4.78 is 24.9. The van der Waals surface area contributed by atoms with E-state index in [1.807, 2.05) is 22.6 Å². The van der Waals surface area contributed by atoms with E-state index < -0.39 is 6.43 Å². The van der Waals surface area contributed by atoms with Gasteiger partial charge in [0.1, 0.15) is 5.69 Å². The van der Waals surface area contributed by atoms with Crippen LogP contribution in [0.25, 0.3) is 0 Å². The van der Waals surface area contributed by atoms with Gasteiger partial charge in [0.05, 0.1) is 0 Å². The van der Waals surface area contributed by atoms with Crippen LogP contribution in [0.2, 0.25) is 0 Å². The second-order valence-electron chi connectivity index (χ2n) is 2.13. The lowest BCUT2D eigenvalue weighted by molar-refractivity contribution is 0.146. The molecule has 66 valence electrons. The number of rotatable bonds is 2. The second-order valence-corrected chi connectivity index (χ2v) is 3.56. The fourth-order valence-corrected chi connectivity index (χ4v) is 1.78. The molecular formula is C7H5ClF2IN. The Morgan fingerprint density at radius 1 is 1.58 bits per heavy atom. The van der Waals surface area contributed by atoms with Crippen molar-refractivity contribution >= 4 is 34.2 Å². The Morgan fingerprint density at radius 3 is 2.67 bits per heavy atom. The maximum atomic E-state index is 12.1. The monoisotopic (exact) mass is 303 g/mol. The van der Waals surface area contributed by atoms with Crippen LogP contribution in [0.15, 0.2) is 12.3 Å². The van der Waals surface area contributed by atoms with Crippen molar-refractivity contribution < 1.29 is 8.78 Å². The van der Waals surface area contributed by atoms with Crippen molar-refractivity contribution in [2.45, 2.75) is 12.3 Å². The molecule has 0 unspecified atom stereocenters. The quantitative estimate of drug-likeness (QED) is 0.603. The second kappa shape index (κ2) is 4.32. The molecule has 0 aliphatic carbocycles. The molecule has 0 radical (unpaired) electrons. The van der Waals surface area contributed by atoms with Crippen molar-refractivity contribution in [2.24, 2.45) is 0 Å². The Bertz CT molecular complexity index is 280. The molecule has 0 aliphatic rings. The predicted octanol–water partition coefficient (Wildman–Crippen LogP) is 3.36. The molecule has 0 aromatic carbocycles. The van der Waals surface area contributed by atoms with Crippen molar-refractivity contribution in [3.05, 3.63) is 27.1 Å². The summed E-state index contributed by atoms with van der Waals surface area (Å²) in [5.41, 5.74) is 0.579. The molecule has 0 fully saturated rings. The number of hydrogen-bond donors (Lipinski definition) is 0. The lowest BCUT2D eigenvalue weighted by Crippen LogP contribution is -1.94. The zero-order valence-electron chi connectivity index (χ0n) is 5.90. The summed E-state index contributed by atoms with van der Waals surface area (Å²) in [6, 6.07) is 1.35. The van der Waals surface area contributed by atoms with Gasteiger partial charge in [-0.2, -0.15) is 0 Å². The first-order valence-electron chi connectivity index (χ1n) is 3.13. The average molecular weight is 303 g/mol. The Balaban J connectivity index is 3.02. The van der Waals surface area contributed by atoms with Crippen molar-refractivity contribution in [3.8, 4) is 0 Å². The Morgan fingerprint density at radius 2 is 2.25 bits per heavy atom. The van der Waals surface area contributed by atoms with Crippen LogP contribution in [0.3, 0.4) is 0 Å². The van der Waals surface area contributed by atoms with E-state index >= 15 is 0 Å².